The molecule has 29 heavy (non-hydrogen) atoms. The minimum atomic E-state index is -0.247. The van der Waals surface area contributed by atoms with Gasteiger partial charge < -0.3 is 10.1 Å². The van der Waals surface area contributed by atoms with Gasteiger partial charge in [0.15, 0.2) is 0 Å². The molecule has 4 rings (SSSR count). The number of benzene rings is 2. The first-order valence-electron chi connectivity index (χ1n) is 9.75. The molecular formula is C23H23N3O3. The number of rotatable bonds is 5. The lowest BCUT2D eigenvalue weighted by Gasteiger charge is -2.25. The Labute approximate surface area is 168 Å². The van der Waals surface area contributed by atoms with E-state index in [2.05, 4.69) is 27.6 Å². The minimum absolute atomic E-state index is 0.00903. The number of carbonyl (C=O) groups excluding carboxylic acids is 1. The molecule has 0 radical (unpaired) electrons. The Balaban J connectivity index is 1.46. The number of carbonyl (C=O) groups is 1. The first-order chi connectivity index (χ1) is 14.1. The molecule has 1 aliphatic rings. The lowest BCUT2D eigenvalue weighted by Crippen LogP contribution is -2.19. The van der Waals surface area contributed by atoms with Gasteiger partial charge in [0.2, 0.25) is 5.91 Å². The number of amides is 1. The van der Waals surface area contributed by atoms with Crippen LogP contribution in [0.5, 0.6) is 5.75 Å². The van der Waals surface area contributed by atoms with Gasteiger partial charge in [-0.15, -0.1) is 0 Å². The summed E-state index contributed by atoms with van der Waals surface area (Å²) < 4.78 is 5.33. The van der Waals surface area contributed by atoms with E-state index in [9.17, 15) is 9.59 Å². The molecule has 0 spiro atoms. The number of aryl methyl sites for hydroxylation is 1. The molecule has 1 aliphatic carbocycles. The summed E-state index contributed by atoms with van der Waals surface area (Å²) in [7, 11) is 1.67. The Bertz CT molecular complexity index is 1070. The smallest absolute Gasteiger partial charge is 0.264 e. The van der Waals surface area contributed by atoms with Crippen molar-refractivity contribution >= 4 is 11.6 Å². The van der Waals surface area contributed by atoms with Crippen LogP contribution in [-0.4, -0.2) is 23.2 Å². The number of nitrogens with one attached hydrogen (secondary N) is 2. The summed E-state index contributed by atoms with van der Waals surface area (Å²) in [6, 6.07) is 16.7. The highest BCUT2D eigenvalue weighted by molar-refractivity contribution is 5.92. The van der Waals surface area contributed by atoms with E-state index in [1.54, 1.807) is 13.2 Å². The molecule has 3 aromatic rings. The summed E-state index contributed by atoms with van der Waals surface area (Å²) in [5, 5.41) is 9.47. The number of H-pyrrole nitrogens is 1. The van der Waals surface area contributed by atoms with Gasteiger partial charge in [-0.05, 0) is 66.6 Å². The zero-order valence-electron chi connectivity index (χ0n) is 16.3. The molecule has 0 saturated carbocycles. The van der Waals surface area contributed by atoms with Crippen molar-refractivity contribution < 1.29 is 9.53 Å². The third kappa shape index (κ3) is 4.37. The second-order valence-electron chi connectivity index (χ2n) is 7.29. The summed E-state index contributed by atoms with van der Waals surface area (Å²) >= 11 is 0. The number of ether oxygens (including phenoxy) is 1. The first kappa shape index (κ1) is 18.9. The van der Waals surface area contributed by atoms with Gasteiger partial charge in [-0.2, -0.15) is 5.10 Å². The summed E-state index contributed by atoms with van der Waals surface area (Å²) in [5.41, 5.74) is 4.47. The lowest BCUT2D eigenvalue weighted by atomic mass is 9.81. The number of anilines is 1. The molecule has 0 aliphatic heterocycles. The Morgan fingerprint density at radius 1 is 1.21 bits per heavy atom. The predicted molar refractivity (Wildman–Crippen MR) is 112 cm³/mol. The summed E-state index contributed by atoms with van der Waals surface area (Å²) in [6.45, 7) is 0. The topological polar surface area (TPSA) is 84.1 Å². The summed E-state index contributed by atoms with van der Waals surface area (Å²) in [5.74, 6) is 1.07. The number of hydrogen-bond acceptors (Lipinski definition) is 4. The van der Waals surface area contributed by atoms with Crippen LogP contribution < -0.4 is 15.6 Å². The van der Waals surface area contributed by atoms with Gasteiger partial charge in [0.25, 0.3) is 5.56 Å². The molecule has 1 heterocycles. The van der Waals surface area contributed by atoms with E-state index >= 15 is 0 Å². The van der Waals surface area contributed by atoms with Crippen molar-refractivity contribution in [3.05, 3.63) is 76.1 Å². The molecule has 148 valence electrons. The van der Waals surface area contributed by atoms with Gasteiger partial charge in [0, 0.05) is 23.7 Å². The molecule has 6 nitrogen and oxygen atoms in total. The standard InChI is InChI=1S/C23H23N3O3/c1-29-19-8-9-20-15(13-19)4-2-5-16(20)14-23(28)24-18-7-3-6-17(12-18)21-10-11-22(27)26-25-21/h3,6-13,16H,2,4-5,14H2,1H3,(H,24,28)(H,26,27). The fourth-order valence-electron chi connectivity index (χ4n) is 3.93. The molecule has 0 bridgehead atoms. The van der Waals surface area contributed by atoms with Crippen molar-refractivity contribution in [2.24, 2.45) is 0 Å². The maximum Gasteiger partial charge on any atom is 0.264 e. The van der Waals surface area contributed by atoms with Crippen LogP contribution in [0.4, 0.5) is 5.69 Å². The molecule has 2 N–H and O–H groups in total. The number of hydrogen-bond donors (Lipinski definition) is 2. The average molecular weight is 389 g/mol. The number of nitrogens with zero attached hydrogens (tertiary/aromatic N) is 1. The predicted octanol–water partition coefficient (Wildman–Crippen LogP) is 3.89. The van der Waals surface area contributed by atoms with Crippen LogP contribution in [0.1, 0.15) is 36.3 Å². The average Bonchev–Trinajstić information content (AvgIpc) is 2.74. The van der Waals surface area contributed by atoms with E-state index in [0.717, 1.165) is 30.6 Å². The second-order valence-corrected chi connectivity index (χ2v) is 7.29. The van der Waals surface area contributed by atoms with E-state index < -0.39 is 0 Å². The van der Waals surface area contributed by atoms with E-state index in [0.29, 0.717) is 17.8 Å². The van der Waals surface area contributed by atoms with E-state index in [1.165, 1.54) is 17.2 Å². The molecule has 0 fully saturated rings. The Morgan fingerprint density at radius 2 is 2.10 bits per heavy atom. The number of methoxy groups -OCH3 is 1. The summed E-state index contributed by atoms with van der Waals surface area (Å²) in [6.07, 6.45) is 3.55. The highest BCUT2D eigenvalue weighted by Gasteiger charge is 2.23. The van der Waals surface area contributed by atoms with E-state index in [4.69, 9.17) is 4.74 Å². The van der Waals surface area contributed by atoms with Gasteiger partial charge in [-0.3, -0.25) is 9.59 Å². The molecule has 6 heteroatoms. The molecule has 1 aromatic heterocycles. The monoisotopic (exact) mass is 389 g/mol. The zero-order valence-corrected chi connectivity index (χ0v) is 16.3. The minimum Gasteiger partial charge on any atom is -0.497 e. The van der Waals surface area contributed by atoms with Crippen molar-refractivity contribution in [3.8, 4) is 17.0 Å². The largest absolute Gasteiger partial charge is 0.497 e. The van der Waals surface area contributed by atoms with Crippen LogP contribution in [0.15, 0.2) is 59.4 Å². The van der Waals surface area contributed by atoms with Gasteiger partial charge >= 0.3 is 0 Å². The van der Waals surface area contributed by atoms with Gasteiger partial charge in [-0.1, -0.05) is 18.2 Å². The Morgan fingerprint density at radius 3 is 2.90 bits per heavy atom. The van der Waals surface area contributed by atoms with Crippen LogP contribution in [0.2, 0.25) is 0 Å². The first-order valence-corrected chi connectivity index (χ1v) is 9.75. The molecule has 1 unspecified atom stereocenters. The number of fused-ring (bicyclic) bond motifs is 1. The molecule has 1 amide bonds. The van der Waals surface area contributed by atoms with Crippen molar-refractivity contribution in [3.63, 3.8) is 0 Å². The van der Waals surface area contributed by atoms with Crippen LogP contribution in [0.25, 0.3) is 11.3 Å². The van der Waals surface area contributed by atoms with Crippen molar-refractivity contribution in [2.75, 3.05) is 12.4 Å². The zero-order chi connectivity index (χ0) is 20.2. The van der Waals surface area contributed by atoms with Gasteiger partial charge in [0.1, 0.15) is 5.75 Å². The molecule has 0 saturated heterocycles. The third-order valence-corrected chi connectivity index (χ3v) is 5.34. The normalized spacial score (nSPS) is 15.4. The Hall–Kier alpha value is -3.41. The maximum absolute atomic E-state index is 12.7. The quantitative estimate of drug-likeness (QED) is 0.693. The fraction of sp³-hybridized carbons (Fsp3) is 0.261. The Kier molecular flexibility index (Phi) is 5.42. The molecular weight excluding hydrogens is 366 g/mol. The summed E-state index contributed by atoms with van der Waals surface area (Å²) in [4.78, 5) is 23.9. The second kappa shape index (κ2) is 8.31. The van der Waals surface area contributed by atoms with Crippen LogP contribution >= 0.6 is 0 Å². The fourth-order valence-corrected chi connectivity index (χ4v) is 3.93. The van der Waals surface area contributed by atoms with Crippen molar-refractivity contribution in [2.45, 2.75) is 31.6 Å². The SMILES string of the molecule is COc1ccc2c(c1)CCCC2CC(=O)Nc1cccc(-c2ccc(=O)[nH]n2)c1. The van der Waals surface area contributed by atoms with Crippen LogP contribution in [0.3, 0.4) is 0 Å². The van der Waals surface area contributed by atoms with E-state index in [1.807, 2.05) is 30.3 Å². The van der Waals surface area contributed by atoms with E-state index in [-0.39, 0.29) is 17.4 Å². The van der Waals surface area contributed by atoms with Gasteiger partial charge in [0.05, 0.1) is 12.8 Å². The maximum atomic E-state index is 12.7. The lowest BCUT2D eigenvalue weighted by molar-refractivity contribution is -0.116. The number of aromatic nitrogens is 2. The number of aromatic amines is 1. The molecule has 1 atom stereocenters. The van der Waals surface area contributed by atoms with Crippen molar-refractivity contribution in [1.82, 2.24) is 10.2 Å². The highest BCUT2D eigenvalue weighted by atomic mass is 16.5. The van der Waals surface area contributed by atoms with Crippen LogP contribution in [-0.2, 0) is 11.2 Å². The molecule has 2 aromatic carbocycles. The third-order valence-electron chi connectivity index (χ3n) is 5.34. The van der Waals surface area contributed by atoms with Crippen molar-refractivity contribution in [1.29, 1.82) is 0 Å². The highest BCUT2D eigenvalue weighted by Crippen LogP contribution is 2.36. The van der Waals surface area contributed by atoms with Gasteiger partial charge in [-0.25, -0.2) is 5.10 Å². The van der Waals surface area contributed by atoms with Crippen LogP contribution in [0, 0.1) is 0 Å².